The molecule has 4 nitrogen and oxygen atoms in total. The van der Waals surface area contributed by atoms with Crippen LogP contribution in [0.1, 0.15) is 11.3 Å². The number of nitrogens with one attached hydrogen (secondary N) is 1. The molecular weight excluding hydrogens is 280 g/mol. The van der Waals surface area contributed by atoms with E-state index in [1.807, 2.05) is 43.3 Å². The van der Waals surface area contributed by atoms with Crippen molar-refractivity contribution in [1.29, 1.82) is 0 Å². The monoisotopic (exact) mass is 294 g/mol. The van der Waals surface area contributed by atoms with Crippen LogP contribution < -0.4 is 11.1 Å². The van der Waals surface area contributed by atoms with E-state index in [0.29, 0.717) is 10.8 Å². The third kappa shape index (κ3) is 2.83. The Morgan fingerprint density at radius 1 is 1.19 bits per heavy atom. The smallest absolute Gasteiger partial charge is 0.130 e. The van der Waals surface area contributed by atoms with Crippen molar-refractivity contribution in [2.24, 2.45) is 5.73 Å². The number of anilines is 2. The molecule has 0 saturated heterocycles. The molecule has 3 aromatic rings. The molecule has 0 aliphatic heterocycles. The van der Waals surface area contributed by atoms with E-state index in [2.05, 4.69) is 15.3 Å². The summed E-state index contributed by atoms with van der Waals surface area (Å²) in [5.41, 5.74) is 9.31. The average molecular weight is 294 g/mol. The molecule has 0 radical (unpaired) electrons. The number of hydrogen-bond donors (Lipinski definition) is 2. The summed E-state index contributed by atoms with van der Waals surface area (Å²) in [6, 6.07) is 13.6. The molecule has 5 heteroatoms. The van der Waals surface area contributed by atoms with Gasteiger partial charge in [0.2, 0.25) is 0 Å². The molecule has 0 aliphatic carbocycles. The maximum atomic E-state index is 5.66. The highest BCUT2D eigenvalue weighted by atomic mass is 32.1. The molecule has 2 aromatic heterocycles. The molecule has 104 valence electrons. The average Bonchev–Trinajstić information content (AvgIpc) is 2.47. The number of pyridine rings is 2. The van der Waals surface area contributed by atoms with E-state index < -0.39 is 0 Å². The molecule has 3 rings (SSSR count). The maximum absolute atomic E-state index is 5.66. The fraction of sp³-hybridized carbons (Fsp3) is 0.0625. The van der Waals surface area contributed by atoms with Gasteiger partial charge in [-0.15, -0.1) is 0 Å². The lowest BCUT2D eigenvalue weighted by atomic mass is 10.1. The van der Waals surface area contributed by atoms with Crippen LogP contribution in [0.25, 0.3) is 10.9 Å². The second kappa shape index (κ2) is 5.46. The molecule has 1 aromatic carbocycles. The van der Waals surface area contributed by atoms with E-state index in [9.17, 15) is 0 Å². The van der Waals surface area contributed by atoms with Gasteiger partial charge in [-0.3, -0.25) is 4.98 Å². The van der Waals surface area contributed by atoms with Crippen LogP contribution in [0.15, 0.2) is 48.7 Å². The van der Waals surface area contributed by atoms with Crippen molar-refractivity contribution >= 4 is 39.6 Å². The second-order valence-electron chi connectivity index (χ2n) is 4.75. The number of aromatic nitrogens is 2. The maximum Gasteiger partial charge on any atom is 0.130 e. The summed E-state index contributed by atoms with van der Waals surface area (Å²) in [5, 5.41) is 4.36. The molecule has 3 N–H and O–H groups in total. The molecule has 0 amide bonds. The minimum absolute atomic E-state index is 0.358. The highest BCUT2D eigenvalue weighted by Gasteiger charge is 2.05. The van der Waals surface area contributed by atoms with Crippen molar-refractivity contribution in [1.82, 2.24) is 9.97 Å². The van der Waals surface area contributed by atoms with Gasteiger partial charge in [-0.05, 0) is 31.2 Å². The first-order valence-electron chi connectivity index (χ1n) is 6.53. The summed E-state index contributed by atoms with van der Waals surface area (Å²) in [4.78, 5) is 9.19. The van der Waals surface area contributed by atoms with E-state index in [-0.39, 0.29) is 0 Å². The molecule has 0 fully saturated rings. The normalized spacial score (nSPS) is 10.5. The minimum atomic E-state index is 0.358. The lowest BCUT2D eigenvalue weighted by Crippen LogP contribution is -2.10. The van der Waals surface area contributed by atoms with Gasteiger partial charge in [0.15, 0.2) is 0 Å². The fourth-order valence-electron chi connectivity index (χ4n) is 2.20. The number of thiocarbonyl (C=S) groups is 1. The van der Waals surface area contributed by atoms with E-state index in [4.69, 9.17) is 18.0 Å². The number of fused-ring (bicyclic) bond motifs is 1. The number of benzene rings is 1. The molecule has 0 unspecified atom stereocenters. The Bertz CT molecular complexity index is 829. The second-order valence-corrected chi connectivity index (χ2v) is 5.19. The van der Waals surface area contributed by atoms with Crippen LogP contribution in [0.2, 0.25) is 0 Å². The summed E-state index contributed by atoms with van der Waals surface area (Å²) < 4.78 is 0. The Morgan fingerprint density at radius 3 is 2.81 bits per heavy atom. The van der Waals surface area contributed by atoms with Crippen molar-refractivity contribution < 1.29 is 0 Å². The van der Waals surface area contributed by atoms with E-state index >= 15 is 0 Å². The highest BCUT2D eigenvalue weighted by molar-refractivity contribution is 7.80. The van der Waals surface area contributed by atoms with Crippen molar-refractivity contribution in [2.75, 3.05) is 5.32 Å². The van der Waals surface area contributed by atoms with Gasteiger partial charge >= 0.3 is 0 Å². The zero-order valence-electron chi connectivity index (χ0n) is 11.5. The van der Waals surface area contributed by atoms with Gasteiger partial charge in [-0.2, -0.15) is 0 Å². The summed E-state index contributed by atoms with van der Waals surface area (Å²) in [6.07, 6.45) is 1.69. The topological polar surface area (TPSA) is 63.8 Å². The third-order valence-corrected chi connectivity index (χ3v) is 3.39. The number of para-hydroxylation sites is 1. The quantitative estimate of drug-likeness (QED) is 0.726. The Morgan fingerprint density at radius 2 is 2.00 bits per heavy atom. The molecule has 0 saturated carbocycles. The lowest BCUT2D eigenvalue weighted by molar-refractivity contribution is 1.24. The van der Waals surface area contributed by atoms with E-state index in [1.54, 1.807) is 12.3 Å². The van der Waals surface area contributed by atoms with Crippen LogP contribution in [0.3, 0.4) is 0 Å². The van der Waals surface area contributed by atoms with Gasteiger partial charge in [0, 0.05) is 22.8 Å². The van der Waals surface area contributed by atoms with Crippen molar-refractivity contribution in [3.63, 3.8) is 0 Å². The Hall–Kier alpha value is -2.53. The Balaban J connectivity index is 2.05. The fourth-order valence-corrected chi connectivity index (χ4v) is 2.33. The van der Waals surface area contributed by atoms with E-state index in [0.717, 1.165) is 27.8 Å². The van der Waals surface area contributed by atoms with Crippen molar-refractivity contribution in [2.45, 2.75) is 6.92 Å². The van der Waals surface area contributed by atoms with Gasteiger partial charge < -0.3 is 11.1 Å². The van der Waals surface area contributed by atoms with Crippen LogP contribution in [0.5, 0.6) is 0 Å². The number of nitrogens with two attached hydrogens (primary N) is 1. The van der Waals surface area contributed by atoms with Gasteiger partial charge in [0.05, 0.1) is 11.2 Å². The van der Waals surface area contributed by atoms with Crippen LogP contribution >= 0.6 is 12.2 Å². The predicted molar refractivity (Wildman–Crippen MR) is 89.9 cm³/mol. The predicted octanol–water partition coefficient (Wildman–Crippen LogP) is 3.32. The molecule has 21 heavy (non-hydrogen) atoms. The van der Waals surface area contributed by atoms with Gasteiger partial charge in [0.25, 0.3) is 0 Å². The number of hydrogen-bond acceptors (Lipinski definition) is 4. The van der Waals surface area contributed by atoms with Crippen LogP contribution in [0.4, 0.5) is 11.5 Å². The van der Waals surface area contributed by atoms with Gasteiger partial charge in [-0.1, -0.05) is 30.4 Å². The lowest BCUT2D eigenvalue weighted by Gasteiger charge is -2.10. The number of aryl methyl sites for hydroxylation is 1. The summed E-state index contributed by atoms with van der Waals surface area (Å²) in [7, 11) is 0. The SMILES string of the molecule is Cc1cc(Nc2cc(C(N)=S)ccn2)c2ccccc2n1. The third-order valence-electron chi connectivity index (χ3n) is 3.15. The van der Waals surface area contributed by atoms with E-state index in [1.165, 1.54) is 0 Å². The zero-order chi connectivity index (χ0) is 14.8. The highest BCUT2D eigenvalue weighted by Crippen LogP contribution is 2.25. The minimum Gasteiger partial charge on any atom is -0.389 e. The summed E-state index contributed by atoms with van der Waals surface area (Å²) in [5.74, 6) is 0.705. The van der Waals surface area contributed by atoms with Crippen LogP contribution in [-0.4, -0.2) is 15.0 Å². The first-order chi connectivity index (χ1) is 10.1. The van der Waals surface area contributed by atoms with Gasteiger partial charge in [0.1, 0.15) is 10.8 Å². The van der Waals surface area contributed by atoms with Crippen molar-refractivity contribution in [3.8, 4) is 0 Å². The molecule has 0 atom stereocenters. The van der Waals surface area contributed by atoms with Crippen LogP contribution in [0, 0.1) is 6.92 Å². The van der Waals surface area contributed by atoms with Crippen LogP contribution in [-0.2, 0) is 0 Å². The molecule has 2 heterocycles. The van der Waals surface area contributed by atoms with Gasteiger partial charge in [-0.25, -0.2) is 4.98 Å². The molecule has 0 bridgehead atoms. The molecule has 0 spiro atoms. The Labute approximate surface area is 128 Å². The molecule has 0 aliphatic rings. The first kappa shape index (κ1) is 13.5. The standard InChI is InChI=1S/C16H14N4S/c1-10-8-14(12-4-2-3-5-13(12)19-10)20-15-9-11(16(17)21)6-7-18-15/h2-9H,1H3,(H2,17,21)(H,18,19,20). The Kier molecular flexibility index (Phi) is 3.50. The largest absolute Gasteiger partial charge is 0.389 e. The summed E-state index contributed by atoms with van der Waals surface area (Å²) >= 11 is 5.00. The first-order valence-corrected chi connectivity index (χ1v) is 6.93. The number of nitrogens with zero attached hydrogens (tertiary/aromatic N) is 2. The van der Waals surface area contributed by atoms with Crippen molar-refractivity contribution in [3.05, 3.63) is 59.9 Å². The zero-order valence-corrected chi connectivity index (χ0v) is 12.3. The summed E-state index contributed by atoms with van der Waals surface area (Å²) in [6.45, 7) is 1.97. The number of rotatable bonds is 3. The molecular formula is C16H14N4S.